The summed E-state index contributed by atoms with van der Waals surface area (Å²) in [5, 5.41) is 7.44. The Labute approximate surface area is 174 Å². The minimum atomic E-state index is -1.24. The van der Waals surface area contributed by atoms with E-state index in [1.165, 1.54) is 0 Å². The fourth-order valence-corrected chi connectivity index (χ4v) is 3.97. The summed E-state index contributed by atoms with van der Waals surface area (Å²) in [5.41, 5.74) is 2.13. The second-order valence-electron chi connectivity index (χ2n) is 7.84. The molecule has 6 heteroatoms. The smallest absolute Gasteiger partial charge is 0.324 e. The minimum absolute atomic E-state index is 0.349. The molecule has 152 valence electrons. The average Bonchev–Trinajstić information content (AvgIpc) is 2.93. The van der Waals surface area contributed by atoms with Gasteiger partial charge in [0.15, 0.2) is 0 Å². The number of urea groups is 1. The summed E-state index contributed by atoms with van der Waals surface area (Å²) in [5.74, 6) is -0.868. The number of nitrogens with one attached hydrogen (secondary N) is 2. The number of amides is 4. The fourth-order valence-electron chi connectivity index (χ4n) is 3.97. The van der Waals surface area contributed by atoms with Crippen molar-refractivity contribution in [2.45, 2.75) is 26.3 Å². The summed E-state index contributed by atoms with van der Waals surface area (Å²) in [6.07, 6.45) is 0. The molecule has 2 N–H and O–H groups in total. The molecule has 4 rings (SSSR count). The molecular weight excluding hydrogens is 378 g/mol. The molecule has 1 saturated heterocycles. The highest BCUT2D eigenvalue weighted by molar-refractivity contribution is 6.11. The van der Waals surface area contributed by atoms with Crippen LogP contribution in [0.15, 0.2) is 60.7 Å². The molecule has 0 bridgehead atoms. The number of aryl methyl sites for hydroxylation is 2. The first-order valence-electron chi connectivity index (χ1n) is 9.79. The van der Waals surface area contributed by atoms with E-state index >= 15 is 0 Å². The molecule has 1 heterocycles. The lowest BCUT2D eigenvalue weighted by molar-refractivity contribution is -0.133. The molecular formula is C24H23N3O3. The van der Waals surface area contributed by atoms with Gasteiger partial charge in [0.1, 0.15) is 12.1 Å². The zero-order valence-electron chi connectivity index (χ0n) is 17.2. The first-order chi connectivity index (χ1) is 14.3. The van der Waals surface area contributed by atoms with Crippen molar-refractivity contribution in [2.75, 3.05) is 11.9 Å². The molecule has 1 fully saturated rings. The Kier molecular flexibility index (Phi) is 4.78. The first kappa shape index (κ1) is 19.6. The van der Waals surface area contributed by atoms with Gasteiger partial charge in [0.25, 0.3) is 5.91 Å². The Hall–Kier alpha value is -3.67. The van der Waals surface area contributed by atoms with Gasteiger partial charge in [-0.3, -0.25) is 14.5 Å². The lowest BCUT2D eigenvalue weighted by Gasteiger charge is -2.24. The Morgan fingerprint density at radius 2 is 1.77 bits per heavy atom. The number of carbonyl (C=O) groups is 3. The maximum absolute atomic E-state index is 13.2. The van der Waals surface area contributed by atoms with Gasteiger partial charge in [-0.2, -0.15) is 0 Å². The second-order valence-corrected chi connectivity index (χ2v) is 7.84. The molecule has 3 aromatic carbocycles. The van der Waals surface area contributed by atoms with E-state index < -0.39 is 23.4 Å². The highest BCUT2D eigenvalue weighted by Gasteiger charge is 2.50. The van der Waals surface area contributed by atoms with Crippen LogP contribution in [0.5, 0.6) is 0 Å². The largest absolute Gasteiger partial charge is 0.325 e. The molecule has 3 aromatic rings. The topological polar surface area (TPSA) is 78.5 Å². The zero-order valence-corrected chi connectivity index (χ0v) is 17.2. The van der Waals surface area contributed by atoms with Crippen molar-refractivity contribution < 1.29 is 14.4 Å². The van der Waals surface area contributed by atoms with Crippen molar-refractivity contribution in [2.24, 2.45) is 0 Å². The third-order valence-corrected chi connectivity index (χ3v) is 5.56. The molecule has 0 aliphatic carbocycles. The van der Waals surface area contributed by atoms with E-state index in [0.717, 1.165) is 26.8 Å². The van der Waals surface area contributed by atoms with Crippen LogP contribution in [-0.4, -0.2) is 29.3 Å². The Morgan fingerprint density at radius 1 is 1.03 bits per heavy atom. The number of hydrogen-bond donors (Lipinski definition) is 2. The summed E-state index contributed by atoms with van der Waals surface area (Å²) < 4.78 is 0. The molecule has 0 radical (unpaired) electrons. The van der Waals surface area contributed by atoms with Gasteiger partial charge in [0, 0.05) is 5.69 Å². The van der Waals surface area contributed by atoms with Crippen LogP contribution in [0, 0.1) is 13.8 Å². The maximum atomic E-state index is 13.2. The molecule has 1 aliphatic heterocycles. The molecule has 1 aliphatic rings. The number of rotatable bonds is 4. The molecule has 0 aromatic heterocycles. The average molecular weight is 401 g/mol. The van der Waals surface area contributed by atoms with Crippen molar-refractivity contribution in [3.8, 4) is 0 Å². The van der Waals surface area contributed by atoms with Crippen LogP contribution in [0.25, 0.3) is 10.8 Å². The van der Waals surface area contributed by atoms with Gasteiger partial charge < -0.3 is 10.6 Å². The van der Waals surface area contributed by atoms with E-state index in [4.69, 9.17) is 0 Å². The second kappa shape index (κ2) is 7.30. The van der Waals surface area contributed by atoms with Crippen LogP contribution in [0.1, 0.15) is 23.6 Å². The number of nitrogens with zero attached hydrogens (tertiary/aromatic N) is 1. The Morgan fingerprint density at radius 3 is 2.53 bits per heavy atom. The highest BCUT2D eigenvalue weighted by atomic mass is 16.2. The van der Waals surface area contributed by atoms with Crippen LogP contribution < -0.4 is 10.6 Å². The van der Waals surface area contributed by atoms with E-state index in [0.29, 0.717) is 11.3 Å². The van der Waals surface area contributed by atoms with Crippen LogP contribution in [0.2, 0.25) is 0 Å². The lowest BCUT2D eigenvalue weighted by Crippen LogP contribution is -2.42. The third kappa shape index (κ3) is 3.30. The normalized spacial score (nSPS) is 18.6. The van der Waals surface area contributed by atoms with Crippen molar-refractivity contribution >= 4 is 34.3 Å². The predicted octanol–water partition coefficient (Wildman–Crippen LogP) is 3.86. The number of hydrogen-bond acceptors (Lipinski definition) is 3. The van der Waals surface area contributed by atoms with Crippen molar-refractivity contribution in [3.05, 3.63) is 77.4 Å². The van der Waals surface area contributed by atoms with Gasteiger partial charge in [-0.05, 0) is 48.7 Å². The van der Waals surface area contributed by atoms with Crippen LogP contribution in [0.3, 0.4) is 0 Å². The minimum Gasteiger partial charge on any atom is -0.324 e. The maximum Gasteiger partial charge on any atom is 0.325 e. The molecule has 4 amide bonds. The van der Waals surface area contributed by atoms with Gasteiger partial charge in [-0.1, -0.05) is 60.2 Å². The third-order valence-electron chi connectivity index (χ3n) is 5.56. The zero-order chi connectivity index (χ0) is 21.5. The highest BCUT2D eigenvalue weighted by Crippen LogP contribution is 2.33. The van der Waals surface area contributed by atoms with Gasteiger partial charge in [0.05, 0.1) is 0 Å². The standard InChI is InChI=1S/C24H23N3O3/c1-15-11-12-20(16(2)13-15)25-21(28)14-27-22(29)24(3,26-23(27)30)19-10-6-8-17-7-4-5-9-18(17)19/h4-13H,14H2,1-3H3,(H,25,28)(H,26,30)/t24-/m0/s1. The van der Waals surface area contributed by atoms with Gasteiger partial charge in [0.2, 0.25) is 5.91 Å². The van der Waals surface area contributed by atoms with Crippen molar-refractivity contribution in [3.63, 3.8) is 0 Å². The van der Waals surface area contributed by atoms with Crippen LogP contribution in [0.4, 0.5) is 10.5 Å². The SMILES string of the molecule is Cc1ccc(NC(=O)CN2C(=O)N[C@@](C)(c3cccc4ccccc34)C2=O)c(C)c1. The Balaban J connectivity index is 1.58. The molecule has 0 unspecified atom stereocenters. The van der Waals surface area contributed by atoms with Gasteiger partial charge in [-0.25, -0.2) is 4.79 Å². The molecule has 0 saturated carbocycles. The predicted molar refractivity (Wildman–Crippen MR) is 116 cm³/mol. The number of imide groups is 1. The van der Waals surface area contributed by atoms with Crippen LogP contribution >= 0.6 is 0 Å². The number of anilines is 1. The van der Waals surface area contributed by atoms with E-state index in [2.05, 4.69) is 10.6 Å². The molecule has 1 atom stereocenters. The molecule has 0 spiro atoms. The van der Waals surface area contributed by atoms with Crippen LogP contribution in [-0.2, 0) is 15.1 Å². The summed E-state index contributed by atoms with van der Waals surface area (Å²) in [7, 11) is 0. The van der Waals surface area contributed by atoms with E-state index in [-0.39, 0.29) is 6.54 Å². The van der Waals surface area contributed by atoms with Gasteiger partial charge >= 0.3 is 6.03 Å². The summed E-state index contributed by atoms with van der Waals surface area (Å²) in [6.45, 7) is 5.20. The summed E-state index contributed by atoms with van der Waals surface area (Å²) in [4.78, 5) is 39.4. The number of benzene rings is 3. The fraction of sp³-hybridized carbons (Fsp3) is 0.208. The van der Waals surface area contributed by atoms with E-state index in [1.54, 1.807) is 6.92 Å². The van der Waals surface area contributed by atoms with Crippen molar-refractivity contribution in [1.82, 2.24) is 10.2 Å². The van der Waals surface area contributed by atoms with Gasteiger partial charge in [-0.15, -0.1) is 0 Å². The van der Waals surface area contributed by atoms with E-state index in [9.17, 15) is 14.4 Å². The summed E-state index contributed by atoms with van der Waals surface area (Å²) >= 11 is 0. The summed E-state index contributed by atoms with van der Waals surface area (Å²) in [6, 6.07) is 18.4. The quantitative estimate of drug-likeness (QED) is 0.652. The lowest BCUT2D eigenvalue weighted by atomic mass is 9.88. The molecule has 6 nitrogen and oxygen atoms in total. The molecule has 30 heavy (non-hydrogen) atoms. The van der Waals surface area contributed by atoms with E-state index in [1.807, 2.05) is 74.5 Å². The van der Waals surface area contributed by atoms with Crippen molar-refractivity contribution in [1.29, 1.82) is 0 Å². The number of fused-ring (bicyclic) bond motifs is 1. The number of carbonyl (C=O) groups excluding carboxylic acids is 3. The Bertz CT molecular complexity index is 1180. The monoisotopic (exact) mass is 401 g/mol. The first-order valence-corrected chi connectivity index (χ1v) is 9.79.